The standard InChI is InChI=1S/C13H17BrFNO/c14-10-8-9(5-6-11(10)15)13(17)12-4-2-1-3-7-16-12/h5-6,8,12-13,16-17H,1-4,7H2. The number of nitrogens with one attached hydrogen (secondary N) is 1. The Hall–Kier alpha value is -0.450. The van der Waals surface area contributed by atoms with Crippen LogP contribution in [0.1, 0.15) is 37.4 Å². The van der Waals surface area contributed by atoms with Crippen LogP contribution in [-0.2, 0) is 0 Å². The molecule has 2 N–H and O–H groups in total. The molecule has 94 valence electrons. The molecule has 2 unspecified atom stereocenters. The summed E-state index contributed by atoms with van der Waals surface area (Å²) in [5.74, 6) is -0.297. The van der Waals surface area contributed by atoms with Crippen LogP contribution in [0.15, 0.2) is 22.7 Å². The predicted molar refractivity (Wildman–Crippen MR) is 69.3 cm³/mol. The van der Waals surface area contributed by atoms with Gasteiger partial charge in [0, 0.05) is 6.04 Å². The SMILES string of the molecule is OC(c1ccc(F)c(Br)c1)C1CCCCCN1. The lowest BCUT2D eigenvalue weighted by atomic mass is 9.98. The van der Waals surface area contributed by atoms with Crippen LogP contribution in [0.2, 0.25) is 0 Å². The van der Waals surface area contributed by atoms with Gasteiger partial charge in [0.2, 0.25) is 0 Å². The first kappa shape index (κ1) is 13.0. The van der Waals surface area contributed by atoms with Crippen LogP contribution in [0.4, 0.5) is 4.39 Å². The third-order valence-corrected chi connectivity index (χ3v) is 3.87. The van der Waals surface area contributed by atoms with Crippen molar-refractivity contribution in [3.63, 3.8) is 0 Å². The molecule has 0 spiro atoms. The van der Waals surface area contributed by atoms with Gasteiger partial charge in [-0.3, -0.25) is 0 Å². The molecule has 0 bridgehead atoms. The first-order valence-electron chi connectivity index (χ1n) is 6.05. The van der Waals surface area contributed by atoms with Crippen molar-refractivity contribution < 1.29 is 9.50 Å². The summed E-state index contributed by atoms with van der Waals surface area (Å²) >= 11 is 3.15. The quantitative estimate of drug-likeness (QED) is 0.879. The molecule has 1 aromatic rings. The van der Waals surface area contributed by atoms with Crippen molar-refractivity contribution in [3.05, 3.63) is 34.1 Å². The van der Waals surface area contributed by atoms with Crippen molar-refractivity contribution in [2.75, 3.05) is 6.54 Å². The van der Waals surface area contributed by atoms with Gasteiger partial charge in [-0.25, -0.2) is 4.39 Å². The van der Waals surface area contributed by atoms with Gasteiger partial charge in [-0.2, -0.15) is 0 Å². The maximum atomic E-state index is 13.1. The van der Waals surface area contributed by atoms with E-state index < -0.39 is 6.10 Å². The lowest BCUT2D eigenvalue weighted by Crippen LogP contribution is -2.34. The van der Waals surface area contributed by atoms with Gasteiger partial charge >= 0.3 is 0 Å². The van der Waals surface area contributed by atoms with Crippen LogP contribution in [0.25, 0.3) is 0 Å². The Labute approximate surface area is 109 Å². The lowest BCUT2D eigenvalue weighted by molar-refractivity contribution is 0.126. The van der Waals surface area contributed by atoms with Crippen molar-refractivity contribution in [1.82, 2.24) is 5.32 Å². The molecule has 0 saturated carbocycles. The number of halogens is 2. The van der Waals surface area contributed by atoms with E-state index in [1.807, 2.05) is 0 Å². The van der Waals surface area contributed by atoms with Crippen molar-refractivity contribution in [3.8, 4) is 0 Å². The summed E-state index contributed by atoms with van der Waals surface area (Å²) in [7, 11) is 0. The zero-order valence-corrected chi connectivity index (χ0v) is 11.2. The summed E-state index contributed by atoms with van der Waals surface area (Å²) in [6, 6.07) is 4.78. The van der Waals surface area contributed by atoms with Gasteiger partial charge in [0.1, 0.15) is 5.82 Å². The monoisotopic (exact) mass is 301 g/mol. The van der Waals surface area contributed by atoms with E-state index in [0.717, 1.165) is 31.4 Å². The van der Waals surface area contributed by atoms with E-state index in [1.165, 1.54) is 12.5 Å². The molecule has 4 heteroatoms. The van der Waals surface area contributed by atoms with E-state index >= 15 is 0 Å². The zero-order chi connectivity index (χ0) is 12.3. The Morgan fingerprint density at radius 2 is 2.18 bits per heavy atom. The highest BCUT2D eigenvalue weighted by Crippen LogP contribution is 2.26. The highest BCUT2D eigenvalue weighted by molar-refractivity contribution is 9.10. The summed E-state index contributed by atoms with van der Waals surface area (Å²) in [6.07, 6.45) is 3.91. The number of benzene rings is 1. The van der Waals surface area contributed by atoms with Crippen LogP contribution >= 0.6 is 15.9 Å². The Morgan fingerprint density at radius 1 is 1.35 bits per heavy atom. The van der Waals surface area contributed by atoms with Crippen LogP contribution in [0, 0.1) is 5.82 Å². The number of hydrogen-bond donors (Lipinski definition) is 2. The molecule has 0 aliphatic carbocycles. The Balaban J connectivity index is 2.11. The number of aliphatic hydroxyl groups excluding tert-OH is 1. The third kappa shape index (κ3) is 3.27. The molecular formula is C13H17BrFNO. The minimum atomic E-state index is -0.565. The number of hydrogen-bond acceptors (Lipinski definition) is 2. The molecule has 0 amide bonds. The Morgan fingerprint density at radius 3 is 2.94 bits per heavy atom. The van der Waals surface area contributed by atoms with E-state index in [9.17, 15) is 9.50 Å². The van der Waals surface area contributed by atoms with Crippen molar-refractivity contribution >= 4 is 15.9 Å². The normalized spacial score (nSPS) is 23.1. The van der Waals surface area contributed by atoms with Crippen LogP contribution < -0.4 is 5.32 Å². The van der Waals surface area contributed by atoms with Crippen LogP contribution in [-0.4, -0.2) is 17.7 Å². The molecular weight excluding hydrogens is 285 g/mol. The number of rotatable bonds is 2. The Bertz CT molecular complexity index is 378. The number of aliphatic hydroxyl groups is 1. The van der Waals surface area contributed by atoms with Crippen LogP contribution in [0.3, 0.4) is 0 Å². The van der Waals surface area contributed by atoms with Gasteiger partial charge in [0.25, 0.3) is 0 Å². The second-order valence-electron chi connectivity index (χ2n) is 4.53. The van der Waals surface area contributed by atoms with E-state index in [1.54, 1.807) is 12.1 Å². The van der Waals surface area contributed by atoms with Gasteiger partial charge in [-0.05, 0) is 53.0 Å². The molecule has 2 atom stereocenters. The van der Waals surface area contributed by atoms with Gasteiger partial charge in [0.15, 0.2) is 0 Å². The van der Waals surface area contributed by atoms with E-state index in [2.05, 4.69) is 21.2 Å². The molecule has 1 saturated heterocycles. The fraction of sp³-hybridized carbons (Fsp3) is 0.538. The second kappa shape index (κ2) is 5.94. The predicted octanol–water partition coefficient (Wildman–Crippen LogP) is 3.15. The average molecular weight is 302 g/mol. The highest BCUT2D eigenvalue weighted by Gasteiger charge is 2.22. The third-order valence-electron chi connectivity index (χ3n) is 3.26. The summed E-state index contributed by atoms with van der Waals surface area (Å²) in [4.78, 5) is 0. The van der Waals surface area contributed by atoms with Crippen molar-refractivity contribution in [2.45, 2.75) is 37.8 Å². The van der Waals surface area contributed by atoms with Gasteiger partial charge in [-0.1, -0.05) is 18.9 Å². The summed E-state index contributed by atoms with van der Waals surface area (Å²) in [5.41, 5.74) is 0.762. The smallest absolute Gasteiger partial charge is 0.137 e. The molecule has 1 heterocycles. The fourth-order valence-corrected chi connectivity index (χ4v) is 2.65. The molecule has 0 radical (unpaired) electrons. The average Bonchev–Trinajstić information content (AvgIpc) is 2.60. The lowest BCUT2D eigenvalue weighted by Gasteiger charge is -2.23. The van der Waals surface area contributed by atoms with Gasteiger partial charge in [-0.15, -0.1) is 0 Å². The molecule has 1 aliphatic rings. The minimum absolute atomic E-state index is 0.0786. The van der Waals surface area contributed by atoms with Crippen molar-refractivity contribution in [2.24, 2.45) is 0 Å². The molecule has 2 nitrogen and oxygen atoms in total. The molecule has 1 aliphatic heterocycles. The summed E-state index contributed by atoms with van der Waals surface area (Å²) in [6.45, 7) is 0.949. The van der Waals surface area contributed by atoms with E-state index in [0.29, 0.717) is 4.47 Å². The molecule has 0 aromatic heterocycles. The van der Waals surface area contributed by atoms with Crippen LogP contribution in [0.5, 0.6) is 0 Å². The zero-order valence-electron chi connectivity index (χ0n) is 9.63. The molecule has 1 fully saturated rings. The molecule has 17 heavy (non-hydrogen) atoms. The summed E-state index contributed by atoms with van der Waals surface area (Å²) in [5, 5.41) is 13.6. The maximum absolute atomic E-state index is 13.1. The van der Waals surface area contributed by atoms with Gasteiger partial charge in [0.05, 0.1) is 10.6 Å². The van der Waals surface area contributed by atoms with E-state index in [4.69, 9.17) is 0 Å². The first-order chi connectivity index (χ1) is 8.18. The Kier molecular flexibility index (Phi) is 4.54. The maximum Gasteiger partial charge on any atom is 0.137 e. The highest BCUT2D eigenvalue weighted by atomic mass is 79.9. The minimum Gasteiger partial charge on any atom is -0.387 e. The first-order valence-corrected chi connectivity index (χ1v) is 6.84. The van der Waals surface area contributed by atoms with Crippen molar-refractivity contribution in [1.29, 1.82) is 0 Å². The second-order valence-corrected chi connectivity index (χ2v) is 5.38. The molecule has 1 aromatic carbocycles. The fourth-order valence-electron chi connectivity index (χ4n) is 2.25. The molecule has 2 rings (SSSR count). The van der Waals surface area contributed by atoms with E-state index in [-0.39, 0.29) is 11.9 Å². The van der Waals surface area contributed by atoms with Gasteiger partial charge < -0.3 is 10.4 Å². The summed E-state index contributed by atoms with van der Waals surface area (Å²) < 4.78 is 13.5. The topological polar surface area (TPSA) is 32.3 Å². The largest absolute Gasteiger partial charge is 0.387 e.